The third kappa shape index (κ3) is 5.11. The van der Waals surface area contributed by atoms with Gasteiger partial charge in [0.05, 0.1) is 0 Å². The fourth-order valence-electron chi connectivity index (χ4n) is 3.62. The van der Waals surface area contributed by atoms with Crippen LogP contribution in [0.25, 0.3) is 0 Å². The molecule has 0 saturated carbocycles. The van der Waals surface area contributed by atoms with Crippen molar-refractivity contribution in [1.29, 1.82) is 0 Å². The lowest BCUT2D eigenvalue weighted by Crippen LogP contribution is -2.41. The van der Waals surface area contributed by atoms with Gasteiger partial charge in [0.15, 0.2) is 0 Å². The third-order valence-corrected chi connectivity index (χ3v) is 5.14. The standard InChI is InChI=1S/C18H23F3N4O2/c19-18(20,21)11-22-16(26)15-10-14(23-24-15)12-6-8-25(9-7-12)17(27)13-4-2-1-3-5-13/h1-2,10,12-13H,3-9,11H2,(H,22,26)(H,23,24). The highest BCUT2D eigenvalue weighted by Gasteiger charge is 2.31. The molecule has 0 aromatic carbocycles. The molecule has 9 heteroatoms. The number of aromatic amines is 1. The van der Waals surface area contributed by atoms with Crippen molar-refractivity contribution >= 4 is 11.8 Å². The van der Waals surface area contributed by atoms with E-state index in [-0.39, 0.29) is 23.4 Å². The van der Waals surface area contributed by atoms with E-state index in [0.29, 0.717) is 13.1 Å². The molecule has 1 aliphatic heterocycles. The molecule has 0 radical (unpaired) electrons. The molecule has 1 fully saturated rings. The van der Waals surface area contributed by atoms with Gasteiger partial charge in [-0.25, -0.2) is 0 Å². The lowest BCUT2D eigenvalue weighted by Gasteiger charge is -2.34. The highest BCUT2D eigenvalue weighted by molar-refractivity contribution is 5.92. The molecule has 1 aromatic rings. The zero-order valence-electron chi connectivity index (χ0n) is 14.9. The Balaban J connectivity index is 1.51. The van der Waals surface area contributed by atoms with Crippen LogP contribution in [0.3, 0.4) is 0 Å². The minimum absolute atomic E-state index is 0.0539. The summed E-state index contributed by atoms with van der Waals surface area (Å²) in [4.78, 5) is 26.2. The van der Waals surface area contributed by atoms with Gasteiger partial charge >= 0.3 is 6.18 Å². The van der Waals surface area contributed by atoms with Crippen LogP contribution in [-0.2, 0) is 4.79 Å². The fraction of sp³-hybridized carbons (Fsp3) is 0.611. The van der Waals surface area contributed by atoms with Gasteiger partial charge in [-0.05, 0) is 38.2 Å². The van der Waals surface area contributed by atoms with E-state index < -0.39 is 18.6 Å². The second kappa shape index (κ2) is 8.14. The minimum atomic E-state index is -4.46. The van der Waals surface area contributed by atoms with E-state index in [0.717, 1.165) is 37.8 Å². The van der Waals surface area contributed by atoms with Crippen LogP contribution in [0, 0.1) is 5.92 Å². The quantitative estimate of drug-likeness (QED) is 0.784. The zero-order chi connectivity index (χ0) is 19.4. The second-order valence-corrected chi connectivity index (χ2v) is 7.09. The van der Waals surface area contributed by atoms with Crippen molar-refractivity contribution < 1.29 is 22.8 Å². The Bertz CT molecular complexity index is 706. The van der Waals surface area contributed by atoms with Gasteiger partial charge in [0, 0.05) is 30.6 Å². The van der Waals surface area contributed by atoms with Crippen molar-refractivity contribution in [2.24, 2.45) is 5.92 Å². The number of carbonyl (C=O) groups is 2. The topological polar surface area (TPSA) is 78.1 Å². The van der Waals surface area contributed by atoms with E-state index in [4.69, 9.17) is 0 Å². The van der Waals surface area contributed by atoms with Gasteiger partial charge in [-0.3, -0.25) is 14.7 Å². The number of aromatic nitrogens is 2. The predicted octanol–water partition coefficient (Wildman–Crippen LogP) is 2.76. The molecule has 27 heavy (non-hydrogen) atoms. The number of rotatable bonds is 4. The number of allylic oxidation sites excluding steroid dienone is 2. The molecule has 2 aliphatic rings. The van der Waals surface area contributed by atoms with E-state index in [9.17, 15) is 22.8 Å². The van der Waals surface area contributed by atoms with Gasteiger partial charge < -0.3 is 10.2 Å². The molecule has 1 saturated heterocycles. The van der Waals surface area contributed by atoms with Gasteiger partial charge in [0.2, 0.25) is 5.91 Å². The summed E-state index contributed by atoms with van der Waals surface area (Å²) in [6, 6.07) is 1.50. The normalized spacial score (nSPS) is 21.3. The van der Waals surface area contributed by atoms with Gasteiger partial charge in [-0.2, -0.15) is 18.3 Å². The average Bonchev–Trinajstić information content (AvgIpc) is 3.16. The molecule has 148 valence electrons. The van der Waals surface area contributed by atoms with Gasteiger partial charge in [0.1, 0.15) is 12.2 Å². The maximum atomic E-state index is 12.6. The second-order valence-electron chi connectivity index (χ2n) is 7.09. The summed E-state index contributed by atoms with van der Waals surface area (Å²) in [6.45, 7) is -0.110. The first-order chi connectivity index (χ1) is 12.8. The Morgan fingerprint density at radius 1 is 1.22 bits per heavy atom. The molecular formula is C18H23F3N4O2. The van der Waals surface area contributed by atoms with Crippen LogP contribution in [0.1, 0.15) is 54.2 Å². The molecule has 2 amide bonds. The Morgan fingerprint density at radius 2 is 1.96 bits per heavy atom. The summed E-state index contributed by atoms with van der Waals surface area (Å²) in [5.74, 6) is -0.470. The first kappa shape index (κ1) is 19.4. The Kier molecular flexibility index (Phi) is 5.86. The number of carbonyl (C=O) groups excluding carboxylic acids is 2. The molecule has 0 bridgehead atoms. The van der Waals surface area contributed by atoms with E-state index in [2.05, 4.69) is 22.3 Å². The molecule has 1 aliphatic carbocycles. The monoisotopic (exact) mass is 384 g/mol. The number of amides is 2. The van der Waals surface area contributed by atoms with Crippen LogP contribution >= 0.6 is 0 Å². The summed E-state index contributed by atoms with van der Waals surface area (Å²) in [6.07, 6.45) is 3.83. The number of halogens is 3. The van der Waals surface area contributed by atoms with Crippen LogP contribution in [-0.4, -0.2) is 52.7 Å². The van der Waals surface area contributed by atoms with Crippen molar-refractivity contribution in [3.63, 3.8) is 0 Å². The van der Waals surface area contributed by atoms with Gasteiger partial charge in [-0.1, -0.05) is 12.2 Å². The van der Waals surface area contributed by atoms with Crippen LogP contribution in [0.2, 0.25) is 0 Å². The minimum Gasteiger partial charge on any atom is -0.342 e. The maximum absolute atomic E-state index is 12.6. The highest BCUT2D eigenvalue weighted by Crippen LogP contribution is 2.29. The molecule has 2 N–H and O–H groups in total. The third-order valence-electron chi connectivity index (χ3n) is 5.14. The van der Waals surface area contributed by atoms with Crippen molar-refractivity contribution in [2.75, 3.05) is 19.6 Å². The zero-order valence-corrected chi connectivity index (χ0v) is 14.9. The molecular weight excluding hydrogens is 361 g/mol. The lowest BCUT2D eigenvalue weighted by atomic mass is 9.89. The fourth-order valence-corrected chi connectivity index (χ4v) is 3.62. The van der Waals surface area contributed by atoms with Crippen LogP contribution < -0.4 is 5.32 Å². The first-order valence-electron chi connectivity index (χ1n) is 9.17. The van der Waals surface area contributed by atoms with Crippen LogP contribution in [0.15, 0.2) is 18.2 Å². The summed E-state index contributed by atoms with van der Waals surface area (Å²) in [5, 5.41) is 8.39. The maximum Gasteiger partial charge on any atom is 0.405 e. The van der Waals surface area contributed by atoms with Gasteiger partial charge in [0.25, 0.3) is 5.91 Å². The van der Waals surface area contributed by atoms with Crippen molar-refractivity contribution in [1.82, 2.24) is 20.4 Å². The smallest absolute Gasteiger partial charge is 0.342 e. The van der Waals surface area contributed by atoms with Crippen molar-refractivity contribution in [3.05, 3.63) is 29.6 Å². The number of piperidine rings is 1. The number of H-pyrrole nitrogens is 1. The Labute approximate surface area is 155 Å². The van der Waals surface area contributed by atoms with Crippen molar-refractivity contribution in [2.45, 2.75) is 44.2 Å². The number of hydrogen-bond acceptors (Lipinski definition) is 3. The van der Waals surface area contributed by atoms with E-state index in [1.54, 1.807) is 0 Å². The highest BCUT2D eigenvalue weighted by atomic mass is 19.4. The summed E-state index contributed by atoms with van der Waals surface area (Å²) >= 11 is 0. The lowest BCUT2D eigenvalue weighted by molar-refractivity contribution is -0.136. The largest absolute Gasteiger partial charge is 0.405 e. The van der Waals surface area contributed by atoms with E-state index >= 15 is 0 Å². The van der Waals surface area contributed by atoms with Crippen molar-refractivity contribution in [3.8, 4) is 0 Å². The molecule has 1 aromatic heterocycles. The van der Waals surface area contributed by atoms with Crippen LogP contribution in [0.4, 0.5) is 13.2 Å². The van der Waals surface area contributed by atoms with Crippen LogP contribution in [0.5, 0.6) is 0 Å². The molecule has 3 rings (SSSR count). The SMILES string of the molecule is O=C(NCC(F)(F)F)c1cc(C2CCN(C(=O)C3CC=CCC3)CC2)[nH]n1. The number of likely N-dealkylation sites (tertiary alicyclic amines) is 1. The molecule has 2 heterocycles. The average molecular weight is 384 g/mol. The molecule has 1 unspecified atom stereocenters. The van der Waals surface area contributed by atoms with E-state index in [1.807, 2.05) is 10.2 Å². The molecule has 1 atom stereocenters. The Hall–Kier alpha value is -2.32. The summed E-state index contributed by atoms with van der Waals surface area (Å²) in [7, 11) is 0. The predicted molar refractivity (Wildman–Crippen MR) is 92.0 cm³/mol. The molecule has 6 nitrogen and oxygen atoms in total. The summed E-state index contributed by atoms with van der Waals surface area (Å²) < 4.78 is 36.6. The van der Waals surface area contributed by atoms with E-state index in [1.165, 1.54) is 6.07 Å². The number of alkyl halides is 3. The Morgan fingerprint density at radius 3 is 2.59 bits per heavy atom. The number of hydrogen-bond donors (Lipinski definition) is 2. The number of nitrogens with zero attached hydrogens (tertiary/aromatic N) is 2. The number of nitrogens with one attached hydrogen (secondary N) is 2. The first-order valence-corrected chi connectivity index (χ1v) is 9.17. The molecule has 0 spiro atoms. The van der Waals surface area contributed by atoms with Gasteiger partial charge in [-0.15, -0.1) is 0 Å². The summed E-state index contributed by atoms with van der Waals surface area (Å²) in [5.41, 5.74) is 0.668.